The summed E-state index contributed by atoms with van der Waals surface area (Å²) in [4.78, 5) is 29.8. The van der Waals surface area contributed by atoms with Crippen molar-refractivity contribution in [1.29, 1.82) is 0 Å². The van der Waals surface area contributed by atoms with E-state index in [1.807, 2.05) is 9.80 Å². The van der Waals surface area contributed by atoms with Crippen LogP contribution in [-0.4, -0.2) is 104 Å². The van der Waals surface area contributed by atoms with E-state index >= 15 is 0 Å². The summed E-state index contributed by atoms with van der Waals surface area (Å²) in [6.45, 7) is 4.96. The van der Waals surface area contributed by atoms with Gasteiger partial charge in [0.2, 0.25) is 5.95 Å². The van der Waals surface area contributed by atoms with Gasteiger partial charge in [0.15, 0.2) is 17.5 Å². The second kappa shape index (κ2) is 17.2. The quantitative estimate of drug-likeness (QED) is 0.356. The Kier molecular flexibility index (Phi) is 14.4. The maximum atomic E-state index is 12.5. The molecule has 0 spiro atoms. The largest absolute Gasteiger partial charge is 0.493 e. The number of nitrogens with one attached hydrogen (secondary N) is 2. The third-order valence-corrected chi connectivity index (χ3v) is 7.78. The highest BCUT2D eigenvalue weighted by Gasteiger charge is 2.31. The standard InChI is InChI=1S/C19H25N5O4.C9H9Cl2N3.ClH.2H2O/c1-26-15-10-12-13(11-16(15)27-2)21-19(22-17(12)20)24-7-5-23(6-8-24)18(25)14-4-3-9-28-14;10-6-2-1-3-7(11)8(6)14-9-12-4-5-13-9;;;/h10-11,14H,3-9H2,1-2H3,(H2,20,21,22);1-3H,4-5H2,(H2,12,13,14);1H;2*1H2. The Balaban J connectivity index is 0.000000354. The first-order valence-electron chi connectivity index (χ1n) is 13.7. The van der Waals surface area contributed by atoms with Crippen molar-refractivity contribution in [3.05, 3.63) is 40.4 Å². The molecule has 4 heterocycles. The first-order valence-corrected chi connectivity index (χ1v) is 14.5. The Hall–Kier alpha value is -3.53. The second-order valence-electron chi connectivity index (χ2n) is 9.83. The monoisotopic (exact) mass is 688 g/mol. The molecule has 14 nitrogen and oxygen atoms in total. The maximum absolute atomic E-state index is 12.5. The van der Waals surface area contributed by atoms with Crippen molar-refractivity contribution >= 4 is 75.8 Å². The number of amides is 1. The molecule has 248 valence electrons. The van der Waals surface area contributed by atoms with Crippen molar-refractivity contribution in [3.63, 3.8) is 0 Å². The van der Waals surface area contributed by atoms with E-state index in [-0.39, 0.29) is 35.4 Å². The highest BCUT2D eigenvalue weighted by molar-refractivity contribution is 6.38. The average molecular weight is 690 g/mol. The van der Waals surface area contributed by atoms with Gasteiger partial charge in [0.25, 0.3) is 5.91 Å². The van der Waals surface area contributed by atoms with Crippen molar-refractivity contribution in [2.75, 3.05) is 70.7 Å². The number of rotatable bonds is 5. The van der Waals surface area contributed by atoms with Crippen LogP contribution in [0.1, 0.15) is 12.8 Å². The molecule has 3 fully saturated rings. The van der Waals surface area contributed by atoms with E-state index in [1.165, 1.54) is 0 Å². The molecule has 0 aliphatic carbocycles. The van der Waals surface area contributed by atoms with Gasteiger partial charge < -0.3 is 51.3 Å². The van der Waals surface area contributed by atoms with Crippen molar-refractivity contribution in [2.45, 2.75) is 18.9 Å². The van der Waals surface area contributed by atoms with Crippen LogP contribution in [0.5, 0.6) is 11.5 Å². The van der Waals surface area contributed by atoms with Crippen LogP contribution in [-0.2, 0) is 9.53 Å². The normalized spacial score (nSPS) is 17.0. The smallest absolute Gasteiger partial charge is 0.251 e. The van der Waals surface area contributed by atoms with Crippen LogP contribution in [0.2, 0.25) is 10.0 Å². The Morgan fingerprint density at radius 2 is 1.64 bits per heavy atom. The number of guanidine groups is 1. The zero-order valence-corrected chi connectivity index (χ0v) is 27.3. The van der Waals surface area contributed by atoms with E-state index < -0.39 is 0 Å². The fourth-order valence-electron chi connectivity index (χ4n) is 4.92. The highest BCUT2D eigenvalue weighted by atomic mass is 35.5. The van der Waals surface area contributed by atoms with Gasteiger partial charge >= 0.3 is 0 Å². The number of benzene rings is 2. The Bertz CT molecular complexity index is 1440. The molecule has 6 rings (SSSR count). The Morgan fingerprint density at radius 1 is 1.02 bits per heavy atom. The number of aromatic nitrogens is 2. The van der Waals surface area contributed by atoms with Crippen LogP contribution in [0.4, 0.5) is 17.5 Å². The number of piperazine rings is 1. The number of aliphatic imine (C=N–C) groups is 1. The molecule has 0 bridgehead atoms. The highest BCUT2D eigenvalue weighted by Crippen LogP contribution is 2.34. The van der Waals surface area contributed by atoms with Crippen LogP contribution in [0.15, 0.2) is 35.3 Å². The van der Waals surface area contributed by atoms with Crippen LogP contribution in [0.25, 0.3) is 10.9 Å². The number of carbonyl (C=O) groups is 1. The summed E-state index contributed by atoms with van der Waals surface area (Å²) in [5, 5.41) is 7.99. The predicted octanol–water partition coefficient (Wildman–Crippen LogP) is 2.00. The number of hydrogen-bond donors (Lipinski definition) is 3. The number of fused-ring (bicyclic) bond motifs is 1. The number of hydrogen-bond acceptors (Lipinski definition) is 9. The summed E-state index contributed by atoms with van der Waals surface area (Å²) in [5.74, 6) is 2.93. The summed E-state index contributed by atoms with van der Waals surface area (Å²) >= 11 is 11.9. The van der Waals surface area contributed by atoms with E-state index in [9.17, 15) is 4.79 Å². The molecule has 17 heteroatoms. The molecule has 1 aromatic heterocycles. The van der Waals surface area contributed by atoms with Gasteiger partial charge in [0.05, 0.1) is 29.8 Å². The predicted molar refractivity (Wildman–Crippen MR) is 179 cm³/mol. The van der Waals surface area contributed by atoms with Crippen molar-refractivity contribution in [3.8, 4) is 11.5 Å². The first-order chi connectivity index (χ1) is 20.4. The Morgan fingerprint density at radius 3 is 2.22 bits per heavy atom. The van der Waals surface area contributed by atoms with E-state index in [1.54, 1.807) is 44.6 Å². The zero-order valence-electron chi connectivity index (χ0n) is 24.9. The third-order valence-electron chi connectivity index (χ3n) is 7.17. The number of nitrogens with two attached hydrogens (primary N) is 1. The average Bonchev–Trinajstić information content (AvgIpc) is 3.74. The molecule has 3 aromatic rings. The van der Waals surface area contributed by atoms with Crippen LogP contribution < -0.4 is 30.7 Å². The summed E-state index contributed by atoms with van der Waals surface area (Å²) in [7, 11) is 3.16. The van der Waals surface area contributed by atoms with Crippen molar-refractivity contribution in [1.82, 2.24) is 25.5 Å². The summed E-state index contributed by atoms with van der Waals surface area (Å²) in [6, 6.07) is 8.91. The number of methoxy groups -OCH3 is 2. The van der Waals surface area contributed by atoms with Gasteiger partial charge in [-0.1, -0.05) is 29.3 Å². The molecule has 1 amide bonds. The number of ether oxygens (including phenoxy) is 3. The lowest BCUT2D eigenvalue weighted by atomic mass is 10.2. The lowest BCUT2D eigenvalue weighted by Gasteiger charge is -2.35. The molecule has 0 radical (unpaired) electrons. The summed E-state index contributed by atoms with van der Waals surface area (Å²) in [6.07, 6.45) is 1.49. The number of halogens is 3. The molecule has 8 N–H and O–H groups in total. The molecule has 0 saturated carbocycles. The lowest BCUT2D eigenvalue weighted by molar-refractivity contribution is -0.141. The van der Waals surface area contributed by atoms with E-state index in [0.717, 1.165) is 31.9 Å². The molecule has 3 aliphatic rings. The molecule has 3 aliphatic heterocycles. The lowest BCUT2D eigenvalue weighted by Crippen LogP contribution is -2.51. The van der Waals surface area contributed by atoms with Gasteiger partial charge in [0, 0.05) is 57.3 Å². The number of para-hydroxylation sites is 1. The van der Waals surface area contributed by atoms with Gasteiger partial charge in [-0.3, -0.25) is 4.79 Å². The van der Waals surface area contributed by atoms with Gasteiger partial charge in [-0.05, 0) is 31.0 Å². The van der Waals surface area contributed by atoms with Crippen LogP contribution in [0.3, 0.4) is 0 Å². The molecular weight excluding hydrogens is 651 g/mol. The number of nitrogen functional groups attached to an aromatic ring is 1. The van der Waals surface area contributed by atoms with Crippen LogP contribution in [0, 0.1) is 0 Å². The number of nitrogens with zero attached hydrogens (tertiary/aromatic N) is 5. The summed E-state index contributed by atoms with van der Waals surface area (Å²) < 4.78 is 16.2. The summed E-state index contributed by atoms with van der Waals surface area (Å²) in [5.41, 5.74) is 7.48. The fraction of sp³-hybridized carbons (Fsp3) is 0.429. The molecule has 2 aromatic carbocycles. The second-order valence-corrected chi connectivity index (χ2v) is 10.6. The third kappa shape index (κ3) is 8.81. The van der Waals surface area contributed by atoms with Crippen LogP contribution >= 0.6 is 35.6 Å². The number of anilines is 2. The topological polar surface area (TPSA) is 202 Å². The Labute approximate surface area is 277 Å². The van der Waals surface area contributed by atoms with Gasteiger partial charge in [-0.2, -0.15) is 4.98 Å². The number of carbonyl (C=O) groups excluding carboxylic acids is 1. The minimum atomic E-state index is -0.276. The maximum Gasteiger partial charge on any atom is 0.251 e. The zero-order chi connectivity index (χ0) is 29.6. The molecule has 3 saturated heterocycles. The SMILES string of the molecule is COc1cc2nc(N3CCN(C(=O)C4CCCO4)CC3)nc(N)c2cc1OC.Cl.Clc1cccc(Cl)c1N=C1NCCN1.O.O. The molecule has 1 unspecified atom stereocenters. The molecule has 1 atom stereocenters. The minimum absolute atomic E-state index is 0. The van der Waals surface area contributed by atoms with E-state index in [4.69, 9.17) is 43.1 Å². The van der Waals surface area contributed by atoms with E-state index in [2.05, 4.69) is 25.6 Å². The first kappa shape index (κ1) is 37.7. The van der Waals surface area contributed by atoms with E-state index in [0.29, 0.717) is 82.7 Å². The molecule has 45 heavy (non-hydrogen) atoms. The van der Waals surface area contributed by atoms with Crippen molar-refractivity contribution < 1.29 is 30.0 Å². The molecular formula is C28H39Cl3N8O6. The van der Waals surface area contributed by atoms with Crippen molar-refractivity contribution in [2.24, 2.45) is 4.99 Å². The fourth-order valence-corrected chi connectivity index (χ4v) is 5.40. The van der Waals surface area contributed by atoms with Gasteiger partial charge in [-0.25, -0.2) is 9.98 Å². The minimum Gasteiger partial charge on any atom is -0.493 e. The van der Waals surface area contributed by atoms with Gasteiger partial charge in [-0.15, -0.1) is 12.4 Å². The van der Waals surface area contributed by atoms with Gasteiger partial charge in [0.1, 0.15) is 17.6 Å².